The Labute approximate surface area is 555 Å². The Morgan fingerprint density at radius 2 is 0.700 bits per heavy atom. The third-order valence-electron chi connectivity index (χ3n) is 17.6. The summed E-state index contributed by atoms with van der Waals surface area (Å²) in [5.74, 6) is -0.190. The third kappa shape index (κ3) is 56.4. The van der Waals surface area contributed by atoms with E-state index in [1.807, 2.05) is 6.08 Å². The standard InChI is InChI=1S/C81H143NO8/c1-3-5-7-9-11-13-15-17-19-21-23-25-27-29-31-33-35-37-38-39-41-43-45-47-49-51-53-55-57-59-61-63-65-67-69-71-77(85)82-74(73-89-81-80(88)79(87)78(86)76(72-83)90-81)75(84)70-68-66-64-62-60-58-56-54-52-50-48-46-44-42-40-36-34-32-30-28-26-24-22-20-18-16-14-12-10-8-6-4-2/h5,7,11,13,17,19,23,25,29,31,35,37,52,54,60,62,68,70,74-76,78-81,83-84,86-88H,3-4,6,8-10,12,14-16,18,20-22,24,26-28,30,32-34,36,38-51,53,55-59,61,63-67,69,71-73H2,1-2H3,(H,82,85)/b7-5-,13-11-,19-17-,25-23-,31-29-,37-35-,54-52+,62-60+,70-68+. The van der Waals surface area contributed by atoms with Gasteiger partial charge in [0.05, 0.1) is 25.4 Å². The van der Waals surface area contributed by atoms with Gasteiger partial charge in [-0.25, -0.2) is 0 Å². The van der Waals surface area contributed by atoms with Crippen LogP contribution in [-0.2, 0) is 14.3 Å². The zero-order chi connectivity index (χ0) is 64.9. The predicted octanol–water partition coefficient (Wildman–Crippen LogP) is 21.6. The molecule has 1 aliphatic rings. The molecule has 0 aliphatic carbocycles. The minimum atomic E-state index is -1.58. The van der Waals surface area contributed by atoms with E-state index < -0.39 is 49.5 Å². The van der Waals surface area contributed by atoms with Crippen molar-refractivity contribution < 1.29 is 39.8 Å². The SMILES string of the molecule is CC/C=C\C/C=C\C/C=C\C/C=C\C/C=C\C/C=C\CCCCCCCCCCCCCCCCCCC(=O)NC(COC1OC(CO)C(O)C(O)C1O)C(O)/C=C/CC/C=C/CC/C=C/CCCCCCCCCCCCCCCCCCCCCCCC. The second kappa shape index (κ2) is 68.7. The van der Waals surface area contributed by atoms with E-state index in [0.717, 1.165) is 83.5 Å². The van der Waals surface area contributed by atoms with Crippen LogP contribution in [0.2, 0.25) is 0 Å². The first-order valence-electron chi connectivity index (χ1n) is 38.1. The number of amides is 1. The summed E-state index contributed by atoms with van der Waals surface area (Å²) >= 11 is 0. The summed E-state index contributed by atoms with van der Waals surface area (Å²) in [4.78, 5) is 13.2. The Morgan fingerprint density at radius 1 is 0.389 bits per heavy atom. The van der Waals surface area contributed by atoms with Crippen LogP contribution in [0.25, 0.3) is 0 Å². The fraction of sp³-hybridized carbons (Fsp3) is 0.765. The van der Waals surface area contributed by atoms with Gasteiger partial charge in [-0.2, -0.15) is 0 Å². The first-order chi connectivity index (χ1) is 44.3. The maximum Gasteiger partial charge on any atom is 0.220 e. The highest BCUT2D eigenvalue weighted by Gasteiger charge is 2.44. The second-order valence-electron chi connectivity index (χ2n) is 26.0. The van der Waals surface area contributed by atoms with Crippen LogP contribution < -0.4 is 5.32 Å². The highest BCUT2D eigenvalue weighted by molar-refractivity contribution is 5.76. The number of hydrogen-bond acceptors (Lipinski definition) is 8. The molecule has 520 valence electrons. The molecule has 1 rings (SSSR count). The number of carbonyl (C=O) groups excluding carboxylic acids is 1. The minimum Gasteiger partial charge on any atom is -0.394 e. The van der Waals surface area contributed by atoms with Crippen molar-refractivity contribution >= 4 is 5.91 Å². The maximum absolute atomic E-state index is 13.2. The monoisotopic (exact) mass is 1260 g/mol. The first kappa shape index (κ1) is 84.9. The van der Waals surface area contributed by atoms with Gasteiger partial charge >= 0.3 is 0 Å². The van der Waals surface area contributed by atoms with Crippen molar-refractivity contribution in [3.63, 3.8) is 0 Å². The highest BCUT2D eigenvalue weighted by Crippen LogP contribution is 2.23. The van der Waals surface area contributed by atoms with E-state index in [4.69, 9.17) is 9.47 Å². The lowest BCUT2D eigenvalue weighted by Crippen LogP contribution is -2.60. The molecule has 1 amide bonds. The maximum atomic E-state index is 13.2. The minimum absolute atomic E-state index is 0.190. The van der Waals surface area contributed by atoms with Crippen LogP contribution in [0.4, 0.5) is 0 Å². The molecular weight excluding hydrogens is 1110 g/mol. The largest absolute Gasteiger partial charge is 0.394 e. The molecule has 9 heteroatoms. The van der Waals surface area contributed by atoms with Gasteiger partial charge in [0.25, 0.3) is 0 Å². The average molecular weight is 1260 g/mol. The normalized spacial score (nSPS) is 18.4. The number of nitrogens with one attached hydrogen (secondary N) is 1. The van der Waals surface area contributed by atoms with Gasteiger partial charge in [0.2, 0.25) is 5.91 Å². The Hall–Kier alpha value is -3.15. The molecule has 1 saturated heterocycles. The van der Waals surface area contributed by atoms with Crippen LogP contribution in [0.1, 0.15) is 341 Å². The van der Waals surface area contributed by atoms with E-state index in [2.05, 4.69) is 116 Å². The predicted molar refractivity (Wildman–Crippen MR) is 387 cm³/mol. The summed E-state index contributed by atoms with van der Waals surface area (Å²) in [6.07, 6.45) is 95.1. The van der Waals surface area contributed by atoms with Crippen molar-refractivity contribution in [1.82, 2.24) is 5.32 Å². The molecule has 0 radical (unpaired) electrons. The van der Waals surface area contributed by atoms with Crippen molar-refractivity contribution in [2.45, 2.75) is 384 Å². The quantitative estimate of drug-likeness (QED) is 0.0261. The average Bonchev–Trinajstić information content (AvgIpc) is 1.28. The Balaban J connectivity index is 2.13. The molecule has 1 aliphatic heterocycles. The van der Waals surface area contributed by atoms with E-state index in [1.54, 1.807) is 6.08 Å². The summed E-state index contributed by atoms with van der Waals surface area (Å²) in [7, 11) is 0. The second-order valence-corrected chi connectivity index (χ2v) is 26.0. The van der Waals surface area contributed by atoms with Gasteiger partial charge in [0, 0.05) is 6.42 Å². The Bertz CT molecular complexity index is 1800. The zero-order valence-corrected chi connectivity index (χ0v) is 58.4. The fourth-order valence-electron chi connectivity index (χ4n) is 11.7. The van der Waals surface area contributed by atoms with Gasteiger partial charge in [-0.15, -0.1) is 0 Å². The van der Waals surface area contributed by atoms with E-state index in [1.165, 1.54) is 238 Å². The van der Waals surface area contributed by atoms with Gasteiger partial charge in [0.1, 0.15) is 24.4 Å². The summed E-state index contributed by atoms with van der Waals surface area (Å²) in [5.41, 5.74) is 0. The molecule has 0 spiro atoms. The number of rotatable bonds is 66. The lowest BCUT2D eigenvalue weighted by molar-refractivity contribution is -0.302. The van der Waals surface area contributed by atoms with Crippen molar-refractivity contribution in [2.75, 3.05) is 13.2 Å². The molecule has 0 aromatic heterocycles. The van der Waals surface area contributed by atoms with Crippen LogP contribution in [-0.4, -0.2) is 87.5 Å². The Kier molecular flexibility index (Phi) is 64.8. The lowest BCUT2D eigenvalue weighted by atomic mass is 9.99. The molecule has 0 bridgehead atoms. The number of unbranched alkanes of at least 4 members (excludes halogenated alkanes) is 40. The fourth-order valence-corrected chi connectivity index (χ4v) is 11.7. The van der Waals surface area contributed by atoms with Gasteiger partial charge in [-0.05, 0) is 96.3 Å². The molecule has 7 atom stereocenters. The van der Waals surface area contributed by atoms with Crippen LogP contribution in [0.5, 0.6) is 0 Å². The molecule has 0 saturated carbocycles. The number of allylic oxidation sites excluding steroid dienone is 17. The van der Waals surface area contributed by atoms with E-state index in [-0.39, 0.29) is 12.5 Å². The first-order valence-corrected chi connectivity index (χ1v) is 38.1. The van der Waals surface area contributed by atoms with Gasteiger partial charge < -0.3 is 40.3 Å². The van der Waals surface area contributed by atoms with Crippen LogP contribution >= 0.6 is 0 Å². The molecule has 6 N–H and O–H groups in total. The molecule has 90 heavy (non-hydrogen) atoms. The van der Waals surface area contributed by atoms with Crippen LogP contribution in [0, 0.1) is 0 Å². The Morgan fingerprint density at radius 3 is 1.07 bits per heavy atom. The van der Waals surface area contributed by atoms with E-state index in [9.17, 15) is 30.3 Å². The van der Waals surface area contributed by atoms with Gasteiger partial charge in [-0.3, -0.25) is 4.79 Å². The van der Waals surface area contributed by atoms with Crippen LogP contribution in [0.15, 0.2) is 109 Å². The van der Waals surface area contributed by atoms with Gasteiger partial charge in [-0.1, -0.05) is 348 Å². The summed E-state index contributed by atoms with van der Waals surface area (Å²) < 4.78 is 11.3. The van der Waals surface area contributed by atoms with E-state index >= 15 is 0 Å². The molecule has 0 aromatic rings. The summed E-state index contributed by atoms with van der Waals surface area (Å²) in [5, 5.41) is 54.8. The van der Waals surface area contributed by atoms with Crippen LogP contribution in [0.3, 0.4) is 0 Å². The number of aliphatic hydroxyl groups is 5. The number of hydrogen-bond donors (Lipinski definition) is 6. The third-order valence-corrected chi connectivity index (χ3v) is 17.6. The molecule has 0 aromatic carbocycles. The lowest BCUT2D eigenvalue weighted by Gasteiger charge is -2.40. The number of aliphatic hydroxyl groups excluding tert-OH is 5. The molecule has 1 heterocycles. The topological polar surface area (TPSA) is 149 Å². The van der Waals surface area contributed by atoms with Crippen molar-refractivity contribution in [2.24, 2.45) is 0 Å². The van der Waals surface area contributed by atoms with Crippen molar-refractivity contribution in [3.8, 4) is 0 Å². The summed E-state index contributed by atoms with van der Waals surface area (Å²) in [6.45, 7) is 3.68. The highest BCUT2D eigenvalue weighted by atomic mass is 16.7. The van der Waals surface area contributed by atoms with Gasteiger partial charge in [0.15, 0.2) is 6.29 Å². The molecule has 9 nitrogen and oxygen atoms in total. The number of carbonyl (C=O) groups is 1. The zero-order valence-electron chi connectivity index (χ0n) is 58.4. The summed E-state index contributed by atoms with van der Waals surface area (Å²) in [6, 6.07) is -0.836. The smallest absolute Gasteiger partial charge is 0.220 e. The molecule has 7 unspecified atom stereocenters. The van der Waals surface area contributed by atoms with Crippen molar-refractivity contribution in [1.29, 1.82) is 0 Å². The van der Waals surface area contributed by atoms with E-state index in [0.29, 0.717) is 6.42 Å². The molecule has 1 fully saturated rings. The molecular formula is C81H143NO8. The number of ether oxygens (including phenoxy) is 2. The van der Waals surface area contributed by atoms with Crippen molar-refractivity contribution in [3.05, 3.63) is 109 Å².